The second kappa shape index (κ2) is 12.2. The van der Waals surface area contributed by atoms with Crippen LogP contribution in [0.25, 0.3) is 11.1 Å². The maximum absolute atomic E-state index is 13.6. The van der Waals surface area contributed by atoms with Gasteiger partial charge in [-0.15, -0.1) is 0 Å². The minimum Gasteiger partial charge on any atom is -0.389 e. The zero-order chi connectivity index (χ0) is 26.4. The molecule has 0 radical (unpaired) electrons. The van der Waals surface area contributed by atoms with Crippen molar-refractivity contribution in [2.24, 2.45) is 0 Å². The summed E-state index contributed by atoms with van der Waals surface area (Å²) in [5.41, 5.74) is 4.33. The molecule has 0 aliphatic heterocycles. The van der Waals surface area contributed by atoms with Crippen LogP contribution in [0.15, 0.2) is 64.2 Å². The first-order valence-electron chi connectivity index (χ1n) is 10.7. The smallest absolute Gasteiger partial charge is 0.389 e. The Balaban J connectivity index is 0.000000275. The van der Waals surface area contributed by atoms with E-state index in [1.54, 1.807) is 25.4 Å². The molecule has 8 nitrogen and oxygen atoms in total. The summed E-state index contributed by atoms with van der Waals surface area (Å²) >= 11 is 6.51. The van der Waals surface area contributed by atoms with Gasteiger partial charge in [0, 0.05) is 42.6 Å². The largest absolute Gasteiger partial charge is 0.399 e. The molecule has 1 N–H and O–H groups in total. The van der Waals surface area contributed by atoms with E-state index in [1.807, 2.05) is 23.9 Å². The van der Waals surface area contributed by atoms with E-state index in [1.165, 1.54) is 18.3 Å². The minimum atomic E-state index is -0.940. The SMILES string of the molecule is CCn1ncc(Cc2ccncc2-c2ccc(F)cc2C(C)O)c1Br.O=[N+]([O-])c1ncc(Br)cc1F. The van der Waals surface area contributed by atoms with Gasteiger partial charge in [0.2, 0.25) is 5.82 Å². The highest BCUT2D eigenvalue weighted by atomic mass is 79.9. The Bertz CT molecular complexity index is 1380. The van der Waals surface area contributed by atoms with Gasteiger partial charge in [-0.1, -0.05) is 6.07 Å². The second-order valence-corrected chi connectivity index (χ2v) is 9.28. The van der Waals surface area contributed by atoms with Crippen molar-refractivity contribution in [3.8, 4) is 11.1 Å². The number of nitrogens with zero attached hydrogens (tertiary/aromatic N) is 5. The minimum absolute atomic E-state index is 0.364. The molecule has 1 aromatic carbocycles. The molecule has 0 bridgehead atoms. The van der Waals surface area contributed by atoms with Gasteiger partial charge >= 0.3 is 5.82 Å². The Morgan fingerprint density at radius 3 is 2.47 bits per heavy atom. The average molecular weight is 625 g/mol. The van der Waals surface area contributed by atoms with Crippen molar-refractivity contribution < 1.29 is 18.8 Å². The summed E-state index contributed by atoms with van der Waals surface area (Å²) in [6.45, 7) is 4.46. The predicted molar refractivity (Wildman–Crippen MR) is 137 cm³/mol. The molecule has 12 heteroatoms. The number of benzene rings is 1. The lowest BCUT2D eigenvalue weighted by Crippen LogP contribution is -2.00. The lowest BCUT2D eigenvalue weighted by molar-refractivity contribution is -0.392. The first-order chi connectivity index (χ1) is 17.1. The number of aryl methyl sites for hydroxylation is 1. The van der Waals surface area contributed by atoms with Crippen LogP contribution in [-0.2, 0) is 13.0 Å². The number of aromatic nitrogens is 4. The maximum Gasteiger partial charge on any atom is 0.399 e. The van der Waals surface area contributed by atoms with Gasteiger partial charge in [-0.25, -0.2) is 4.39 Å². The van der Waals surface area contributed by atoms with E-state index in [2.05, 4.69) is 46.9 Å². The molecular formula is C24H21Br2F2N5O3. The molecule has 0 amide bonds. The highest BCUT2D eigenvalue weighted by Gasteiger charge is 2.17. The maximum atomic E-state index is 13.6. The third-order valence-electron chi connectivity index (χ3n) is 5.15. The zero-order valence-electron chi connectivity index (χ0n) is 19.2. The number of hydrogen-bond acceptors (Lipinski definition) is 6. The summed E-state index contributed by atoms with van der Waals surface area (Å²) in [4.78, 5) is 16.6. The van der Waals surface area contributed by atoms with Gasteiger partial charge < -0.3 is 15.2 Å². The summed E-state index contributed by atoms with van der Waals surface area (Å²) in [6, 6.07) is 7.42. The molecule has 3 heterocycles. The van der Waals surface area contributed by atoms with E-state index in [0.717, 1.165) is 39.5 Å². The summed E-state index contributed by atoms with van der Waals surface area (Å²) in [6.07, 6.45) is 6.40. The van der Waals surface area contributed by atoms with Gasteiger partial charge in [-0.2, -0.15) is 9.49 Å². The van der Waals surface area contributed by atoms with Crippen molar-refractivity contribution in [1.29, 1.82) is 0 Å². The standard InChI is InChI=1S/C19H19BrFN3O.C5H2BrFN2O2/c1-3-24-19(20)14(10-23-24)8-13-6-7-22-11-18(13)16-5-4-15(21)9-17(16)12(2)25;6-3-1-4(7)5(8-2-3)9(10)11/h4-7,9-12,25H,3,8H2,1-2H3;1-2H. The highest BCUT2D eigenvalue weighted by molar-refractivity contribution is 9.10. The van der Waals surface area contributed by atoms with Crippen LogP contribution in [0.5, 0.6) is 0 Å². The van der Waals surface area contributed by atoms with Crippen LogP contribution in [0.2, 0.25) is 0 Å². The number of rotatable bonds is 6. The average Bonchev–Trinajstić information content (AvgIpc) is 3.18. The molecule has 1 unspecified atom stereocenters. The van der Waals surface area contributed by atoms with Gasteiger partial charge in [0.25, 0.3) is 0 Å². The summed E-state index contributed by atoms with van der Waals surface area (Å²) in [5.74, 6) is -2.06. The molecule has 0 aliphatic rings. The summed E-state index contributed by atoms with van der Waals surface area (Å²) < 4.78 is 29.4. The Kier molecular flexibility index (Phi) is 9.35. The Morgan fingerprint density at radius 1 is 1.11 bits per heavy atom. The third kappa shape index (κ3) is 6.56. The molecule has 0 saturated carbocycles. The second-order valence-electron chi connectivity index (χ2n) is 7.61. The van der Waals surface area contributed by atoms with Crippen LogP contribution in [0.4, 0.5) is 14.6 Å². The molecule has 3 aromatic heterocycles. The molecule has 36 heavy (non-hydrogen) atoms. The molecule has 0 saturated heterocycles. The van der Waals surface area contributed by atoms with E-state index < -0.39 is 22.7 Å². The number of aliphatic hydroxyl groups excluding tert-OH is 1. The normalized spacial score (nSPS) is 11.5. The van der Waals surface area contributed by atoms with Gasteiger partial charge in [-0.3, -0.25) is 9.67 Å². The molecular weight excluding hydrogens is 604 g/mol. The van der Waals surface area contributed by atoms with Crippen LogP contribution < -0.4 is 0 Å². The lowest BCUT2D eigenvalue weighted by atomic mass is 9.92. The van der Waals surface area contributed by atoms with Crippen LogP contribution in [-0.4, -0.2) is 29.8 Å². The fraction of sp³-hybridized carbons (Fsp3) is 0.208. The quantitative estimate of drug-likeness (QED) is 0.196. The molecule has 1 atom stereocenters. The molecule has 0 spiro atoms. The van der Waals surface area contributed by atoms with Gasteiger partial charge in [0.1, 0.15) is 10.4 Å². The van der Waals surface area contributed by atoms with Gasteiger partial charge in [-0.05, 0) is 90.5 Å². The van der Waals surface area contributed by atoms with Crippen molar-refractivity contribution >= 4 is 37.7 Å². The Labute approximate surface area is 222 Å². The van der Waals surface area contributed by atoms with Crippen LogP contribution >= 0.6 is 31.9 Å². The van der Waals surface area contributed by atoms with Crippen molar-refractivity contribution in [2.75, 3.05) is 0 Å². The fourth-order valence-corrected chi connectivity index (χ4v) is 4.33. The molecule has 4 aromatic rings. The number of hydrogen-bond donors (Lipinski definition) is 1. The van der Waals surface area contributed by atoms with Crippen LogP contribution in [0, 0.1) is 21.7 Å². The first-order valence-corrected chi connectivity index (χ1v) is 12.3. The van der Waals surface area contributed by atoms with E-state index in [4.69, 9.17) is 0 Å². The van der Waals surface area contributed by atoms with Crippen molar-refractivity contribution in [1.82, 2.24) is 19.7 Å². The van der Waals surface area contributed by atoms with Crippen molar-refractivity contribution in [3.63, 3.8) is 0 Å². The molecule has 188 valence electrons. The monoisotopic (exact) mass is 623 g/mol. The number of pyridine rings is 2. The number of aliphatic hydroxyl groups is 1. The van der Waals surface area contributed by atoms with Crippen molar-refractivity contribution in [3.05, 3.63) is 103 Å². The Hall–Kier alpha value is -3.09. The van der Waals surface area contributed by atoms with Gasteiger partial charge in [0.05, 0.1) is 16.8 Å². The van der Waals surface area contributed by atoms with E-state index >= 15 is 0 Å². The lowest BCUT2D eigenvalue weighted by Gasteiger charge is -2.15. The summed E-state index contributed by atoms with van der Waals surface area (Å²) in [7, 11) is 0. The zero-order valence-corrected chi connectivity index (χ0v) is 22.4. The van der Waals surface area contributed by atoms with Crippen LogP contribution in [0.1, 0.15) is 36.6 Å². The molecule has 0 aliphatic carbocycles. The fourth-order valence-electron chi connectivity index (χ4n) is 3.44. The Morgan fingerprint density at radius 2 is 1.86 bits per heavy atom. The third-order valence-corrected chi connectivity index (χ3v) is 6.50. The van der Waals surface area contributed by atoms with Crippen LogP contribution in [0.3, 0.4) is 0 Å². The van der Waals surface area contributed by atoms with Gasteiger partial charge in [0.15, 0.2) is 6.20 Å². The van der Waals surface area contributed by atoms with E-state index in [-0.39, 0.29) is 5.82 Å². The first kappa shape index (κ1) is 27.5. The number of nitro groups is 1. The topological polar surface area (TPSA) is 107 Å². The molecule has 0 fully saturated rings. The number of halogens is 4. The van der Waals surface area contributed by atoms with Crippen molar-refractivity contribution in [2.45, 2.75) is 32.9 Å². The predicted octanol–water partition coefficient (Wildman–Crippen LogP) is 6.40. The van der Waals surface area contributed by atoms with E-state index in [9.17, 15) is 24.0 Å². The van der Waals surface area contributed by atoms with E-state index in [0.29, 0.717) is 16.5 Å². The molecule has 4 rings (SSSR count). The highest BCUT2D eigenvalue weighted by Crippen LogP contribution is 2.33. The summed E-state index contributed by atoms with van der Waals surface area (Å²) in [5, 5.41) is 24.4.